The van der Waals surface area contributed by atoms with Crippen molar-refractivity contribution >= 4 is 18.0 Å². The van der Waals surface area contributed by atoms with E-state index in [-0.39, 0.29) is 5.91 Å². The Hall–Kier alpha value is -2.14. The summed E-state index contributed by atoms with van der Waals surface area (Å²) in [6, 6.07) is 7.37. The predicted octanol–water partition coefficient (Wildman–Crippen LogP) is 1.97. The highest BCUT2D eigenvalue weighted by Crippen LogP contribution is 2.25. The summed E-state index contributed by atoms with van der Waals surface area (Å²) in [6.07, 6.45) is 4.25. The number of rotatable bonds is 5. The Bertz CT molecular complexity index is 559. The van der Waals surface area contributed by atoms with Crippen molar-refractivity contribution in [1.82, 2.24) is 5.32 Å². The van der Waals surface area contributed by atoms with Crippen molar-refractivity contribution in [3.05, 3.63) is 41.5 Å². The van der Waals surface area contributed by atoms with E-state index in [1.807, 2.05) is 24.3 Å². The van der Waals surface area contributed by atoms with Crippen LogP contribution in [0, 0.1) is 0 Å². The van der Waals surface area contributed by atoms with Crippen molar-refractivity contribution in [2.24, 2.45) is 0 Å². The third-order valence-corrected chi connectivity index (χ3v) is 3.52. The van der Waals surface area contributed by atoms with Gasteiger partial charge in [0.1, 0.15) is 5.60 Å². The summed E-state index contributed by atoms with van der Waals surface area (Å²) >= 11 is 0. The Morgan fingerprint density at radius 1 is 1.48 bits per heavy atom. The van der Waals surface area contributed by atoms with Crippen LogP contribution < -0.4 is 5.32 Å². The first-order valence-corrected chi connectivity index (χ1v) is 6.92. The van der Waals surface area contributed by atoms with E-state index in [2.05, 4.69) is 5.32 Å². The Labute approximate surface area is 123 Å². The van der Waals surface area contributed by atoms with Crippen molar-refractivity contribution in [1.29, 1.82) is 0 Å². The maximum Gasteiger partial charge on any atom is 0.328 e. The minimum Gasteiger partial charge on any atom is -0.478 e. The average molecular weight is 289 g/mol. The summed E-state index contributed by atoms with van der Waals surface area (Å²) in [6.45, 7) is 2.83. The number of nitrogens with one attached hydrogen (secondary N) is 1. The van der Waals surface area contributed by atoms with E-state index in [9.17, 15) is 9.59 Å². The SMILES string of the molecule is CC1(C(=O)NCc2cccc(/C=C/C(=O)O)c2)CCCO1. The molecule has 1 amide bonds. The Morgan fingerprint density at radius 3 is 2.95 bits per heavy atom. The van der Waals surface area contributed by atoms with Crippen molar-refractivity contribution in [3.8, 4) is 0 Å². The lowest BCUT2D eigenvalue weighted by Gasteiger charge is -2.21. The van der Waals surface area contributed by atoms with Gasteiger partial charge in [0.05, 0.1) is 0 Å². The summed E-state index contributed by atoms with van der Waals surface area (Å²) in [7, 11) is 0. The third kappa shape index (κ3) is 4.16. The number of hydrogen-bond acceptors (Lipinski definition) is 3. The lowest BCUT2D eigenvalue weighted by atomic mass is 10.0. The fourth-order valence-electron chi connectivity index (χ4n) is 2.30. The molecular weight excluding hydrogens is 270 g/mol. The molecular formula is C16H19NO4. The van der Waals surface area contributed by atoms with Gasteiger partial charge in [0.15, 0.2) is 0 Å². The Kier molecular flexibility index (Phi) is 4.75. The fourth-order valence-corrected chi connectivity index (χ4v) is 2.30. The molecule has 0 aliphatic carbocycles. The second kappa shape index (κ2) is 6.54. The molecule has 2 N–H and O–H groups in total. The molecule has 1 aromatic rings. The summed E-state index contributed by atoms with van der Waals surface area (Å²) in [5.41, 5.74) is 0.978. The number of carboxylic acids is 1. The summed E-state index contributed by atoms with van der Waals surface area (Å²) in [5.74, 6) is -1.09. The number of amides is 1. The smallest absolute Gasteiger partial charge is 0.328 e. The van der Waals surface area contributed by atoms with Gasteiger partial charge in [0.2, 0.25) is 0 Å². The highest BCUT2D eigenvalue weighted by Gasteiger charge is 2.37. The molecule has 1 aliphatic rings. The van der Waals surface area contributed by atoms with E-state index in [1.54, 1.807) is 6.92 Å². The van der Waals surface area contributed by atoms with Gasteiger partial charge in [-0.25, -0.2) is 4.79 Å². The van der Waals surface area contributed by atoms with Gasteiger partial charge < -0.3 is 15.2 Å². The van der Waals surface area contributed by atoms with E-state index >= 15 is 0 Å². The number of hydrogen-bond donors (Lipinski definition) is 2. The quantitative estimate of drug-likeness (QED) is 0.813. The van der Waals surface area contributed by atoms with Crippen LogP contribution in [0.25, 0.3) is 6.08 Å². The molecule has 1 atom stereocenters. The average Bonchev–Trinajstić information content (AvgIpc) is 2.91. The van der Waals surface area contributed by atoms with Gasteiger partial charge in [-0.15, -0.1) is 0 Å². The van der Waals surface area contributed by atoms with Crippen LogP contribution in [0.15, 0.2) is 30.3 Å². The molecule has 0 bridgehead atoms. The van der Waals surface area contributed by atoms with Gasteiger partial charge in [0.25, 0.3) is 5.91 Å². The van der Waals surface area contributed by atoms with Crippen LogP contribution in [0.3, 0.4) is 0 Å². The van der Waals surface area contributed by atoms with Gasteiger partial charge >= 0.3 is 5.97 Å². The number of ether oxygens (including phenoxy) is 1. The molecule has 0 aromatic heterocycles. The maximum absolute atomic E-state index is 12.1. The molecule has 1 aromatic carbocycles. The van der Waals surface area contributed by atoms with Crippen LogP contribution in [0.4, 0.5) is 0 Å². The summed E-state index contributed by atoms with van der Waals surface area (Å²) in [5, 5.41) is 11.5. The van der Waals surface area contributed by atoms with Crippen LogP contribution >= 0.6 is 0 Å². The molecule has 112 valence electrons. The fraction of sp³-hybridized carbons (Fsp3) is 0.375. The molecule has 1 aliphatic heterocycles. The minimum absolute atomic E-state index is 0.105. The van der Waals surface area contributed by atoms with Gasteiger partial charge in [-0.3, -0.25) is 4.79 Å². The highest BCUT2D eigenvalue weighted by atomic mass is 16.5. The minimum atomic E-state index is -0.986. The maximum atomic E-state index is 12.1. The number of carbonyl (C=O) groups is 2. The Balaban J connectivity index is 1.95. The van der Waals surface area contributed by atoms with Crippen molar-refractivity contribution in [3.63, 3.8) is 0 Å². The van der Waals surface area contributed by atoms with Crippen molar-refractivity contribution < 1.29 is 19.4 Å². The zero-order chi connectivity index (χ0) is 15.3. The molecule has 1 heterocycles. The van der Waals surface area contributed by atoms with Crippen LogP contribution in [-0.4, -0.2) is 29.2 Å². The topological polar surface area (TPSA) is 75.6 Å². The second-order valence-corrected chi connectivity index (χ2v) is 5.28. The van der Waals surface area contributed by atoms with Gasteiger partial charge in [-0.05, 0) is 43.0 Å². The summed E-state index contributed by atoms with van der Waals surface area (Å²) < 4.78 is 5.49. The zero-order valence-electron chi connectivity index (χ0n) is 12.0. The number of carboxylic acid groups (broad SMARTS) is 1. The van der Waals surface area contributed by atoms with Crippen LogP contribution in [0.2, 0.25) is 0 Å². The van der Waals surface area contributed by atoms with Crippen LogP contribution in [0.1, 0.15) is 30.9 Å². The van der Waals surface area contributed by atoms with E-state index in [1.165, 1.54) is 6.08 Å². The second-order valence-electron chi connectivity index (χ2n) is 5.28. The monoisotopic (exact) mass is 289 g/mol. The summed E-state index contributed by atoms with van der Waals surface area (Å²) in [4.78, 5) is 22.6. The van der Waals surface area contributed by atoms with E-state index in [0.29, 0.717) is 13.2 Å². The van der Waals surface area contributed by atoms with E-state index < -0.39 is 11.6 Å². The molecule has 0 spiro atoms. The molecule has 1 fully saturated rings. The molecule has 0 saturated carbocycles. The first-order valence-electron chi connectivity index (χ1n) is 6.92. The van der Waals surface area contributed by atoms with Crippen molar-refractivity contribution in [2.75, 3.05) is 6.61 Å². The van der Waals surface area contributed by atoms with Crippen LogP contribution in [0.5, 0.6) is 0 Å². The highest BCUT2D eigenvalue weighted by molar-refractivity contribution is 5.85. The Morgan fingerprint density at radius 2 is 2.29 bits per heavy atom. The molecule has 0 radical (unpaired) electrons. The van der Waals surface area contributed by atoms with Gasteiger partial charge in [-0.2, -0.15) is 0 Å². The predicted molar refractivity (Wildman–Crippen MR) is 78.5 cm³/mol. The third-order valence-electron chi connectivity index (χ3n) is 3.52. The first-order chi connectivity index (χ1) is 9.99. The number of aliphatic carboxylic acids is 1. The van der Waals surface area contributed by atoms with Crippen molar-refractivity contribution in [2.45, 2.75) is 31.9 Å². The lowest BCUT2D eigenvalue weighted by Crippen LogP contribution is -2.43. The van der Waals surface area contributed by atoms with E-state index in [0.717, 1.165) is 30.0 Å². The van der Waals surface area contributed by atoms with E-state index in [4.69, 9.17) is 9.84 Å². The van der Waals surface area contributed by atoms with Crippen LogP contribution in [-0.2, 0) is 20.9 Å². The number of carbonyl (C=O) groups excluding carboxylic acids is 1. The molecule has 5 heteroatoms. The lowest BCUT2D eigenvalue weighted by molar-refractivity contribution is -0.139. The first kappa shape index (κ1) is 15.3. The van der Waals surface area contributed by atoms with Gasteiger partial charge in [0, 0.05) is 19.2 Å². The number of benzene rings is 1. The molecule has 21 heavy (non-hydrogen) atoms. The molecule has 2 rings (SSSR count). The zero-order valence-corrected chi connectivity index (χ0v) is 12.0. The molecule has 5 nitrogen and oxygen atoms in total. The molecule has 1 unspecified atom stereocenters. The van der Waals surface area contributed by atoms with Gasteiger partial charge in [-0.1, -0.05) is 18.2 Å². The largest absolute Gasteiger partial charge is 0.478 e. The molecule has 1 saturated heterocycles. The standard InChI is InChI=1S/C16H19NO4/c1-16(8-3-9-21-16)15(20)17-11-13-5-2-4-12(10-13)6-7-14(18)19/h2,4-7,10H,3,8-9,11H2,1H3,(H,17,20)(H,18,19)/b7-6+. The normalized spacial score (nSPS) is 21.6.